The normalized spacial score (nSPS) is 40.2. The van der Waals surface area contributed by atoms with Crippen LogP contribution in [0, 0.1) is 28.6 Å². The number of esters is 1. The minimum atomic E-state index is -0.563. The molecule has 0 spiro atoms. The zero-order chi connectivity index (χ0) is 24.0. The largest absolute Gasteiger partial charge is 0.459 e. The molecule has 4 aliphatic carbocycles. The highest BCUT2D eigenvalue weighted by atomic mass is 16.6. The topological polar surface area (TPSA) is 84.9 Å². The molecule has 7 atom stereocenters. The van der Waals surface area contributed by atoms with E-state index in [-0.39, 0.29) is 42.1 Å². The molecule has 0 aromatic carbocycles. The second-order valence-corrected chi connectivity index (χ2v) is 12.4. The van der Waals surface area contributed by atoms with E-state index in [1.165, 1.54) is 24.8 Å². The van der Waals surface area contributed by atoms with E-state index in [1.807, 2.05) is 0 Å². The van der Waals surface area contributed by atoms with Crippen LogP contribution in [0.1, 0.15) is 86.0 Å². The van der Waals surface area contributed by atoms with E-state index >= 15 is 0 Å². The third-order valence-electron chi connectivity index (χ3n) is 9.30. The van der Waals surface area contributed by atoms with Gasteiger partial charge >= 0.3 is 5.97 Å². The summed E-state index contributed by atoms with van der Waals surface area (Å²) in [5, 5.41) is 13.2. The molecule has 6 nitrogen and oxygen atoms in total. The van der Waals surface area contributed by atoms with Crippen molar-refractivity contribution in [2.75, 3.05) is 13.2 Å². The summed E-state index contributed by atoms with van der Waals surface area (Å²) in [7, 11) is 0. The summed E-state index contributed by atoms with van der Waals surface area (Å²) in [6.45, 7) is 10.0. The Balaban J connectivity index is 1.31. The van der Waals surface area contributed by atoms with Crippen LogP contribution in [-0.2, 0) is 19.1 Å². The maximum atomic E-state index is 12.2. The SMILES string of the molecule is CC(C)(C)OC(=O)CNC(=O)CO[C@H]1C=C2CCC3C(CCC4(C)C(O)CCC34)C2(C)CC1. The van der Waals surface area contributed by atoms with E-state index < -0.39 is 11.6 Å². The molecule has 3 saturated carbocycles. The van der Waals surface area contributed by atoms with Crippen LogP contribution < -0.4 is 5.32 Å². The molecule has 4 rings (SSSR count). The summed E-state index contributed by atoms with van der Waals surface area (Å²) in [6.07, 6.45) is 10.9. The number of carbonyl (C=O) groups is 2. The van der Waals surface area contributed by atoms with Crippen LogP contribution in [0.4, 0.5) is 0 Å². The lowest BCUT2D eigenvalue weighted by Crippen LogP contribution is -2.51. The predicted molar refractivity (Wildman–Crippen MR) is 126 cm³/mol. The maximum absolute atomic E-state index is 12.2. The van der Waals surface area contributed by atoms with Gasteiger partial charge in [-0.1, -0.05) is 25.5 Å². The van der Waals surface area contributed by atoms with Crippen LogP contribution in [-0.4, -0.2) is 47.9 Å². The van der Waals surface area contributed by atoms with Crippen molar-refractivity contribution in [2.45, 2.75) is 104 Å². The van der Waals surface area contributed by atoms with E-state index in [1.54, 1.807) is 20.8 Å². The van der Waals surface area contributed by atoms with Gasteiger partial charge in [0.1, 0.15) is 18.8 Å². The Labute approximate surface area is 198 Å². The molecule has 6 heteroatoms. The van der Waals surface area contributed by atoms with Gasteiger partial charge in [0.25, 0.3) is 0 Å². The first kappa shape index (κ1) is 24.7. The number of fused-ring (bicyclic) bond motifs is 5. The Morgan fingerprint density at radius 1 is 1.09 bits per heavy atom. The standard InChI is InChI=1S/C27H43NO5/c1-25(2,3)33-24(31)15-28-23(30)16-32-18-10-12-26(4)17(14-18)6-7-19-20-8-9-22(29)27(20,5)13-11-21(19)26/h14,18-22,29H,6-13,15-16H2,1-5H3,(H,28,30)/t18-,19?,20?,21?,22?,26?,27?/m1/s1. The zero-order valence-corrected chi connectivity index (χ0v) is 21.1. The number of nitrogens with one attached hydrogen (secondary N) is 1. The van der Waals surface area contributed by atoms with Gasteiger partial charge < -0.3 is 19.9 Å². The van der Waals surface area contributed by atoms with Gasteiger partial charge in [-0.2, -0.15) is 0 Å². The van der Waals surface area contributed by atoms with Crippen LogP contribution in [0.25, 0.3) is 0 Å². The first-order valence-corrected chi connectivity index (χ1v) is 12.9. The summed E-state index contributed by atoms with van der Waals surface area (Å²) in [6, 6.07) is 0. The molecule has 4 aliphatic rings. The fraction of sp³-hybridized carbons (Fsp3) is 0.852. The second-order valence-electron chi connectivity index (χ2n) is 12.4. The second kappa shape index (κ2) is 8.99. The van der Waals surface area contributed by atoms with Gasteiger partial charge in [0.15, 0.2) is 0 Å². The van der Waals surface area contributed by atoms with Crippen molar-refractivity contribution in [3.8, 4) is 0 Å². The van der Waals surface area contributed by atoms with Gasteiger partial charge in [0, 0.05) is 0 Å². The molecule has 2 N–H and O–H groups in total. The third-order valence-corrected chi connectivity index (χ3v) is 9.30. The predicted octanol–water partition coefficient (Wildman–Crippen LogP) is 4.15. The van der Waals surface area contributed by atoms with E-state index in [4.69, 9.17) is 9.47 Å². The van der Waals surface area contributed by atoms with Crippen molar-refractivity contribution < 1.29 is 24.2 Å². The van der Waals surface area contributed by atoms with Crippen LogP contribution in [0.5, 0.6) is 0 Å². The molecule has 0 aromatic rings. The molecule has 6 unspecified atom stereocenters. The lowest BCUT2D eigenvalue weighted by molar-refractivity contribution is -0.154. The van der Waals surface area contributed by atoms with Crippen molar-refractivity contribution in [1.82, 2.24) is 5.32 Å². The summed E-state index contributed by atoms with van der Waals surface area (Å²) in [5.41, 5.74) is 1.28. The molecule has 0 heterocycles. The number of ether oxygens (including phenoxy) is 2. The van der Waals surface area contributed by atoms with Crippen LogP contribution in [0.15, 0.2) is 11.6 Å². The first-order valence-electron chi connectivity index (χ1n) is 12.9. The summed E-state index contributed by atoms with van der Waals surface area (Å²) in [5.74, 6) is 1.34. The number of amides is 1. The van der Waals surface area contributed by atoms with Crippen molar-refractivity contribution in [3.05, 3.63) is 11.6 Å². The monoisotopic (exact) mass is 461 g/mol. The van der Waals surface area contributed by atoms with E-state index in [2.05, 4.69) is 25.2 Å². The molecule has 0 aromatic heterocycles. The summed E-state index contributed by atoms with van der Waals surface area (Å²) >= 11 is 0. The van der Waals surface area contributed by atoms with Gasteiger partial charge in [0.05, 0.1) is 12.2 Å². The summed E-state index contributed by atoms with van der Waals surface area (Å²) in [4.78, 5) is 23.9. The minimum Gasteiger partial charge on any atom is -0.459 e. The Hall–Kier alpha value is -1.40. The van der Waals surface area contributed by atoms with Crippen LogP contribution in [0.2, 0.25) is 0 Å². The van der Waals surface area contributed by atoms with Crippen LogP contribution in [0.3, 0.4) is 0 Å². The first-order chi connectivity index (χ1) is 15.4. The van der Waals surface area contributed by atoms with E-state index in [0.29, 0.717) is 11.8 Å². The Morgan fingerprint density at radius 3 is 2.58 bits per heavy atom. The van der Waals surface area contributed by atoms with Gasteiger partial charge in [0.2, 0.25) is 5.91 Å². The molecule has 3 fully saturated rings. The third kappa shape index (κ3) is 4.88. The molecular weight excluding hydrogens is 418 g/mol. The van der Waals surface area contributed by atoms with Gasteiger partial charge in [-0.3, -0.25) is 9.59 Å². The number of hydrogen-bond donors (Lipinski definition) is 2. The number of allylic oxidation sites excluding steroid dienone is 1. The Morgan fingerprint density at radius 2 is 1.85 bits per heavy atom. The average molecular weight is 462 g/mol. The summed E-state index contributed by atoms with van der Waals surface area (Å²) < 4.78 is 11.2. The molecule has 33 heavy (non-hydrogen) atoms. The molecule has 1 amide bonds. The van der Waals surface area contributed by atoms with E-state index in [9.17, 15) is 14.7 Å². The van der Waals surface area contributed by atoms with Gasteiger partial charge in [-0.15, -0.1) is 0 Å². The number of carbonyl (C=O) groups excluding carboxylic acids is 2. The van der Waals surface area contributed by atoms with Crippen molar-refractivity contribution in [1.29, 1.82) is 0 Å². The van der Waals surface area contributed by atoms with Crippen LogP contribution >= 0.6 is 0 Å². The van der Waals surface area contributed by atoms with Gasteiger partial charge in [-0.05, 0) is 101 Å². The number of hydrogen-bond acceptors (Lipinski definition) is 5. The van der Waals surface area contributed by atoms with Crippen molar-refractivity contribution in [2.24, 2.45) is 28.6 Å². The highest BCUT2D eigenvalue weighted by molar-refractivity contribution is 5.82. The Kier molecular flexibility index (Phi) is 6.74. The number of aliphatic hydroxyl groups is 1. The lowest BCUT2D eigenvalue weighted by atomic mass is 9.47. The maximum Gasteiger partial charge on any atom is 0.325 e. The fourth-order valence-electron chi connectivity index (χ4n) is 7.58. The highest BCUT2D eigenvalue weighted by Gasteiger charge is 2.58. The minimum absolute atomic E-state index is 0.0425. The van der Waals surface area contributed by atoms with Crippen molar-refractivity contribution in [3.63, 3.8) is 0 Å². The van der Waals surface area contributed by atoms with E-state index in [0.717, 1.165) is 38.0 Å². The van der Waals surface area contributed by atoms with Crippen molar-refractivity contribution >= 4 is 11.9 Å². The average Bonchev–Trinajstić information content (AvgIpc) is 3.04. The Bertz CT molecular complexity index is 801. The van der Waals surface area contributed by atoms with Gasteiger partial charge in [-0.25, -0.2) is 0 Å². The lowest BCUT2D eigenvalue weighted by Gasteiger charge is -2.58. The fourth-order valence-corrected chi connectivity index (χ4v) is 7.58. The number of rotatable bonds is 5. The molecule has 0 radical (unpaired) electrons. The smallest absolute Gasteiger partial charge is 0.325 e. The zero-order valence-electron chi connectivity index (χ0n) is 21.1. The number of aliphatic hydroxyl groups excluding tert-OH is 1. The molecular formula is C27H43NO5. The highest BCUT2D eigenvalue weighted by Crippen LogP contribution is 2.65. The molecule has 0 bridgehead atoms. The quantitative estimate of drug-likeness (QED) is 0.475. The molecule has 0 saturated heterocycles. The molecule has 186 valence electrons. The molecule has 0 aliphatic heterocycles.